The zero-order valence-corrected chi connectivity index (χ0v) is 22.3. The largest absolute Gasteiger partial charge is 0.401 e. The average molecular weight is 602 g/mol. The summed E-state index contributed by atoms with van der Waals surface area (Å²) in [6.45, 7) is -0.927. The Balaban J connectivity index is 0.00000342. The molecule has 0 unspecified atom stereocenters. The van der Waals surface area contributed by atoms with Crippen LogP contribution < -0.4 is 21.2 Å². The minimum absolute atomic E-state index is 0. The summed E-state index contributed by atoms with van der Waals surface area (Å²) >= 11 is 0. The second-order valence-electron chi connectivity index (χ2n) is 7.93. The van der Waals surface area contributed by atoms with E-state index in [-0.39, 0.29) is 20.4 Å². The van der Waals surface area contributed by atoms with Gasteiger partial charge in [-0.15, -0.1) is 0 Å². The maximum Gasteiger partial charge on any atom is 0.401 e. The molecule has 7 heteroatoms. The van der Waals surface area contributed by atoms with Gasteiger partial charge in [-0.1, -0.05) is 121 Å². The van der Waals surface area contributed by atoms with Crippen LogP contribution in [0.2, 0.25) is 0 Å². The van der Waals surface area contributed by atoms with Crippen molar-refractivity contribution >= 4 is 37.1 Å². The van der Waals surface area contributed by atoms with Crippen molar-refractivity contribution in [3.63, 3.8) is 0 Å². The van der Waals surface area contributed by atoms with Crippen molar-refractivity contribution in [2.45, 2.75) is 6.18 Å². The molecule has 4 aromatic rings. The molecule has 0 bridgehead atoms. The smallest absolute Gasteiger partial charge is 0.285 e. The van der Waals surface area contributed by atoms with Crippen LogP contribution in [-0.4, -0.2) is 30.2 Å². The number of hydrogen-bond donors (Lipinski definition) is 0. The predicted molar refractivity (Wildman–Crippen MR) is 141 cm³/mol. The molecule has 0 saturated heterocycles. The van der Waals surface area contributed by atoms with E-state index in [2.05, 4.69) is 0 Å². The van der Waals surface area contributed by atoms with E-state index < -0.39 is 28.6 Å². The third kappa shape index (κ3) is 8.35. The molecule has 0 spiro atoms. The van der Waals surface area contributed by atoms with Crippen LogP contribution >= 0.6 is 15.8 Å². The Hall–Kier alpha value is -1.85. The summed E-state index contributed by atoms with van der Waals surface area (Å²) < 4.78 is 41.4. The van der Waals surface area contributed by atoms with Crippen molar-refractivity contribution in [1.29, 1.82) is 0 Å². The van der Waals surface area contributed by atoms with E-state index in [4.69, 9.17) is 0 Å². The number of alkyl halides is 3. The molecule has 0 N–H and O–H groups in total. The Kier molecular flexibility index (Phi) is 10.7. The SMILES string of the molecule is FC(F)(F)CN(CP(c1ccccc1)c1ccccc1)CP(c1ccccc1)c1ccccc1.[Pd]. The van der Waals surface area contributed by atoms with Gasteiger partial charge in [0.1, 0.15) is 0 Å². The second kappa shape index (κ2) is 13.5. The molecule has 0 aliphatic rings. The molecular weight excluding hydrogens is 576 g/mol. The molecule has 0 heterocycles. The Bertz CT molecular complexity index is 966. The molecule has 4 rings (SSSR count). The Morgan fingerprint density at radius 3 is 0.971 bits per heavy atom. The van der Waals surface area contributed by atoms with E-state index in [9.17, 15) is 13.2 Å². The molecule has 0 atom stereocenters. The van der Waals surface area contributed by atoms with Crippen molar-refractivity contribution in [3.05, 3.63) is 121 Å². The molecule has 1 nitrogen and oxygen atoms in total. The van der Waals surface area contributed by atoms with E-state index in [1.54, 1.807) is 4.90 Å². The molecule has 35 heavy (non-hydrogen) atoms. The minimum Gasteiger partial charge on any atom is -0.285 e. The van der Waals surface area contributed by atoms with E-state index >= 15 is 0 Å². The van der Waals surface area contributed by atoms with Crippen LogP contribution in [0.3, 0.4) is 0 Å². The van der Waals surface area contributed by atoms with Crippen LogP contribution in [0.15, 0.2) is 121 Å². The minimum atomic E-state index is -4.28. The predicted octanol–water partition coefficient (Wildman–Crippen LogP) is 6.03. The first-order chi connectivity index (χ1) is 16.5. The molecule has 0 amide bonds. The van der Waals surface area contributed by atoms with Crippen LogP contribution in [0.25, 0.3) is 0 Å². The molecule has 0 aromatic heterocycles. The van der Waals surface area contributed by atoms with Gasteiger partial charge >= 0.3 is 6.18 Å². The van der Waals surface area contributed by atoms with Gasteiger partial charge in [0.05, 0.1) is 6.54 Å². The fraction of sp³-hybridized carbons (Fsp3) is 0.143. The fourth-order valence-electron chi connectivity index (χ4n) is 3.85. The standard InChI is InChI=1S/C28H26F3NP2.Pd/c29-28(30,31)21-32(22-33(24-13-5-1-6-14-24)25-15-7-2-8-16-25)23-34(26-17-9-3-10-18-26)27-19-11-4-12-20-27;/h1-20H,21-23H2;. The molecule has 0 aliphatic heterocycles. The Morgan fingerprint density at radius 1 is 0.486 bits per heavy atom. The maximum atomic E-state index is 13.8. The van der Waals surface area contributed by atoms with Gasteiger partial charge in [0.15, 0.2) is 0 Å². The van der Waals surface area contributed by atoms with Crippen molar-refractivity contribution < 1.29 is 33.6 Å². The first kappa shape index (κ1) is 27.7. The van der Waals surface area contributed by atoms with E-state index in [1.807, 2.05) is 121 Å². The number of nitrogens with zero attached hydrogens (tertiary/aromatic N) is 1. The van der Waals surface area contributed by atoms with Crippen molar-refractivity contribution in [2.24, 2.45) is 0 Å². The normalized spacial score (nSPS) is 11.6. The first-order valence-corrected chi connectivity index (χ1v) is 14.1. The van der Waals surface area contributed by atoms with Crippen molar-refractivity contribution in [1.82, 2.24) is 4.90 Å². The average Bonchev–Trinajstić information content (AvgIpc) is 2.87. The number of rotatable bonds is 9. The summed E-state index contributed by atoms with van der Waals surface area (Å²) in [6, 6.07) is 39.7. The third-order valence-corrected chi connectivity index (χ3v) is 10.4. The van der Waals surface area contributed by atoms with Gasteiger partial charge in [0.2, 0.25) is 0 Å². The van der Waals surface area contributed by atoms with E-state index in [1.165, 1.54) is 0 Å². The molecule has 0 radical (unpaired) electrons. The third-order valence-electron chi connectivity index (χ3n) is 5.36. The number of hydrogen-bond acceptors (Lipinski definition) is 1. The Labute approximate surface area is 221 Å². The summed E-state index contributed by atoms with van der Waals surface area (Å²) in [5.74, 6) is 0. The maximum absolute atomic E-state index is 13.8. The van der Waals surface area contributed by atoms with Crippen LogP contribution in [0.1, 0.15) is 0 Å². The zero-order valence-electron chi connectivity index (χ0n) is 19.0. The van der Waals surface area contributed by atoms with Crippen LogP contribution in [-0.2, 0) is 20.4 Å². The summed E-state index contributed by atoms with van der Waals surface area (Å²) in [6.07, 6.45) is -3.58. The summed E-state index contributed by atoms with van der Waals surface area (Å²) in [5, 5.41) is 4.33. The first-order valence-electron chi connectivity index (χ1n) is 11.0. The topological polar surface area (TPSA) is 3.24 Å². The molecule has 0 fully saturated rings. The number of benzene rings is 4. The van der Waals surface area contributed by atoms with Gasteiger partial charge in [0.25, 0.3) is 0 Å². The van der Waals surface area contributed by atoms with Gasteiger partial charge in [0, 0.05) is 33.0 Å². The van der Waals surface area contributed by atoms with Gasteiger partial charge < -0.3 is 0 Å². The van der Waals surface area contributed by atoms with E-state index in [0.717, 1.165) is 21.2 Å². The fourth-order valence-corrected chi connectivity index (χ4v) is 8.59. The molecule has 0 aliphatic carbocycles. The molecule has 184 valence electrons. The summed E-state index contributed by atoms with van der Waals surface area (Å²) in [4.78, 5) is 1.62. The van der Waals surface area contributed by atoms with Gasteiger partial charge in [-0.25, -0.2) is 0 Å². The van der Waals surface area contributed by atoms with Gasteiger partial charge in [-0.3, -0.25) is 4.90 Å². The molecule has 4 aromatic carbocycles. The zero-order chi connectivity index (χ0) is 23.8. The number of halogens is 3. The summed E-state index contributed by atoms with van der Waals surface area (Å²) in [5.41, 5.74) is 0. The van der Waals surface area contributed by atoms with Crippen LogP contribution in [0.5, 0.6) is 0 Å². The molecular formula is C28H26F3NP2Pd. The summed E-state index contributed by atoms with van der Waals surface area (Å²) in [7, 11) is -1.95. The quantitative estimate of drug-likeness (QED) is 0.167. The monoisotopic (exact) mass is 601 g/mol. The van der Waals surface area contributed by atoms with Gasteiger partial charge in [-0.05, 0) is 37.1 Å². The van der Waals surface area contributed by atoms with Gasteiger partial charge in [-0.2, -0.15) is 13.2 Å². The molecule has 0 saturated carbocycles. The Morgan fingerprint density at radius 2 is 0.743 bits per heavy atom. The van der Waals surface area contributed by atoms with E-state index in [0.29, 0.717) is 12.6 Å². The second-order valence-corrected chi connectivity index (χ2v) is 12.3. The van der Waals surface area contributed by atoms with Crippen LogP contribution in [0.4, 0.5) is 13.2 Å². The van der Waals surface area contributed by atoms with Crippen molar-refractivity contribution in [2.75, 3.05) is 19.1 Å². The van der Waals surface area contributed by atoms with Crippen molar-refractivity contribution in [3.8, 4) is 0 Å². The van der Waals surface area contributed by atoms with Crippen LogP contribution in [0, 0.1) is 0 Å².